The second-order valence-electron chi connectivity index (χ2n) is 16.4. The lowest BCUT2D eigenvalue weighted by Gasteiger charge is -2.45. The second-order valence-corrected chi connectivity index (χ2v) is 16.4. The first-order valence-electron chi connectivity index (χ1n) is 21.5. The van der Waals surface area contributed by atoms with Gasteiger partial charge in [0, 0.05) is 38.7 Å². The van der Waals surface area contributed by atoms with Gasteiger partial charge in [0.15, 0.2) is 5.82 Å². The van der Waals surface area contributed by atoms with Crippen molar-refractivity contribution >= 4 is 39.0 Å². The van der Waals surface area contributed by atoms with E-state index < -0.39 is 5.41 Å². The smallest absolute Gasteiger partial charge is 0.160 e. The maximum Gasteiger partial charge on any atom is 0.160 e. The van der Waals surface area contributed by atoms with E-state index in [2.05, 4.69) is 211 Å². The number of nitrogens with zero attached hydrogens (tertiary/aromatic N) is 3. The van der Waals surface area contributed by atoms with Crippen LogP contribution in [0.5, 0.6) is 0 Å². The van der Waals surface area contributed by atoms with Gasteiger partial charge in [-0.25, -0.2) is 9.97 Å². The number of benzene rings is 9. The minimum absolute atomic E-state index is 0.652. The van der Waals surface area contributed by atoms with Gasteiger partial charge in [0.25, 0.3) is 0 Å². The summed E-state index contributed by atoms with van der Waals surface area (Å²) in [6.07, 6.45) is 0. The number of hydrogen-bond acceptors (Lipinski definition) is 4. The highest BCUT2D eigenvalue weighted by atomic mass is 16.3. The van der Waals surface area contributed by atoms with Gasteiger partial charge in [0.1, 0.15) is 11.2 Å². The number of fused-ring (bicyclic) bond motifs is 12. The molecule has 9 aromatic carbocycles. The van der Waals surface area contributed by atoms with Crippen LogP contribution in [0.1, 0.15) is 22.3 Å². The summed E-state index contributed by atoms with van der Waals surface area (Å²) >= 11 is 0. The fourth-order valence-electron chi connectivity index (χ4n) is 10.5. The highest BCUT2D eigenvalue weighted by molar-refractivity contribution is 6.10. The molecule has 0 N–H and O–H groups in total. The maximum absolute atomic E-state index is 6.66. The van der Waals surface area contributed by atoms with Crippen LogP contribution in [0.25, 0.3) is 78.1 Å². The van der Waals surface area contributed by atoms with Crippen molar-refractivity contribution in [2.75, 3.05) is 4.90 Å². The summed E-state index contributed by atoms with van der Waals surface area (Å²) < 4.78 is 6.66. The van der Waals surface area contributed by atoms with E-state index in [-0.39, 0.29) is 0 Å². The van der Waals surface area contributed by atoms with E-state index in [1.54, 1.807) is 0 Å². The van der Waals surface area contributed by atoms with Gasteiger partial charge in [-0.3, -0.25) is 0 Å². The van der Waals surface area contributed by atoms with E-state index in [4.69, 9.17) is 14.4 Å². The number of furan rings is 1. The molecule has 2 aliphatic rings. The number of para-hydroxylation sites is 5. The fourth-order valence-corrected chi connectivity index (χ4v) is 10.5. The largest absolute Gasteiger partial charge is 0.455 e. The first-order chi connectivity index (χ1) is 31.3. The van der Waals surface area contributed by atoms with Crippen molar-refractivity contribution in [1.29, 1.82) is 0 Å². The second kappa shape index (κ2) is 13.8. The molecule has 1 aliphatic heterocycles. The van der Waals surface area contributed by atoms with E-state index in [0.717, 1.165) is 78.2 Å². The summed E-state index contributed by atoms with van der Waals surface area (Å²) in [7, 11) is 0. The summed E-state index contributed by atoms with van der Waals surface area (Å²) in [6.45, 7) is 0. The molecule has 1 spiro atoms. The third-order valence-electron chi connectivity index (χ3n) is 13.1. The van der Waals surface area contributed by atoms with Crippen molar-refractivity contribution in [1.82, 2.24) is 9.97 Å². The first kappa shape index (κ1) is 35.4. The first-order valence-corrected chi connectivity index (χ1v) is 21.5. The summed E-state index contributed by atoms with van der Waals surface area (Å²) in [5.41, 5.74) is 18.8. The molecule has 1 aliphatic carbocycles. The zero-order chi connectivity index (χ0) is 41.5. The molecule has 0 radical (unpaired) electrons. The lowest BCUT2D eigenvalue weighted by molar-refractivity contribution is 0.670. The minimum Gasteiger partial charge on any atom is -0.455 e. The van der Waals surface area contributed by atoms with Gasteiger partial charge in [0.2, 0.25) is 0 Å². The molecule has 0 unspecified atom stereocenters. The molecule has 2 aromatic heterocycles. The van der Waals surface area contributed by atoms with Gasteiger partial charge in [0.05, 0.1) is 28.2 Å². The Bertz CT molecular complexity index is 3470. The van der Waals surface area contributed by atoms with Crippen LogP contribution in [0, 0.1) is 0 Å². The van der Waals surface area contributed by atoms with E-state index in [1.807, 2.05) is 18.2 Å². The Labute approximate surface area is 365 Å². The van der Waals surface area contributed by atoms with Gasteiger partial charge < -0.3 is 9.32 Å². The molecule has 4 heteroatoms. The maximum atomic E-state index is 6.66. The van der Waals surface area contributed by atoms with E-state index in [1.165, 1.54) is 33.4 Å². The van der Waals surface area contributed by atoms with E-state index in [0.29, 0.717) is 5.82 Å². The van der Waals surface area contributed by atoms with Crippen molar-refractivity contribution in [2.45, 2.75) is 5.41 Å². The Kier molecular flexibility index (Phi) is 7.79. The average Bonchev–Trinajstić information content (AvgIpc) is 3.89. The molecule has 0 fully saturated rings. The molecule has 0 amide bonds. The van der Waals surface area contributed by atoms with Gasteiger partial charge in [-0.15, -0.1) is 0 Å². The molecule has 0 atom stereocenters. The molecule has 294 valence electrons. The van der Waals surface area contributed by atoms with Crippen LogP contribution in [0.2, 0.25) is 0 Å². The highest BCUT2D eigenvalue weighted by Gasteiger charge is 2.52. The summed E-state index contributed by atoms with van der Waals surface area (Å²) in [5, 5.41) is 2.23. The van der Waals surface area contributed by atoms with Crippen LogP contribution < -0.4 is 4.90 Å². The number of rotatable bonds is 5. The molecule has 4 nitrogen and oxygen atoms in total. The van der Waals surface area contributed by atoms with Crippen molar-refractivity contribution in [3.63, 3.8) is 0 Å². The highest BCUT2D eigenvalue weighted by Crippen LogP contribution is 2.65. The molecule has 3 heterocycles. The molecule has 13 rings (SSSR count). The topological polar surface area (TPSA) is 42.2 Å². The third-order valence-corrected chi connectivity index (χ3v) is 13.1. The van der Waals surface area contributed by atoms with Crippen molar-refractivity contribution in [2.24, 2.45) is 0 Å². The zero-order valence-electron chi connectivity index (χ0n) is 34.1. The fraction of sp³-hybridized carbons (Fsp3) is 0.0169. The summed E-state index contributed by atoms with van der Waals surface area (Å²) in [5.74, 6) is 0.690. The molecule has 63 heavy (non-hydrogen) atoms. The Balaban J connectivity index is 1.14. The van der Waals surface area contributed by atoms with E-state index in [9.17, 15) is 0 Å². The third kappa shape index (κ3) is 5.22. The molecular weight excluding hydrogens is 767 g/mol. The van der Waals surface area contributed by atoms with Gasteiger partial charge in [-0.2, -0.15) is 0 Å². The lowest BCUT2D eigenvalue weighted by atomic mass is 9.64. The Hall–Kier alpha value is -8.34. The Morgan fingerprint density at radius 2 is 0.968 bits per heavy atom. The molecule has 11 aromatic rings. The molecular formula is C59H37N3O. The average molecular weight is 804 g/mol. The van der Waals surface area contributed by atoms with Crippen molar-refractivity contribution in [3.8, 4) is 56.2 Å². The van der Waals surface area contributed by atoms with Gasteiger partial charge >= 0.3 is 0 Å². The van der Waals surface area contributed by atoms with Crippen LogP contribution in [-0.4, -0.2) is 9.97 Å². The Morgan fingerprint density at radius 1 is 0.381 bits per heavy atom. The SMILES string of the molecule is c1ccc(-c2cc(-c3cccc4c3-c3cc(-c5cccc6c5oc5ccccc56)ccc3C43c4ccccc4N(c4ccccc4)c4ccccc43)nc(-c3ccccc3)n2)cc1. The van der Waals surface area contributed by atoms with Crippen LogP contribution in [0.4, 0.5) is 17.1 Å². The monoisotopic (exact) mass is 803 g/mol. The Morgan fingerprint density at radius 3 is 1.73 bits per heavy atom. The van der Waals surface area contributed by atoms with Crippen molar-refractivity contribution < 1.29 is 4.42 Å². The molecule has 0 saturated heterocycles. The minimum atomic E-state index is -0.652. The number of hydrogen-bond donors (Lipinski definition) is 0. The molecule has 0 saturated carbocycles. The number of anilines is 3. The molecule has 0 bridgehead atoms. The lowest BCUT2D eigenvalue weighted by Crippen LogP contribution is -2.36. The van der Waals surface area contributed by atoms with Crippen LogP contribution in [0.3, 0.4) is 0 Å². The summed E-state index contributed by atoms with van der Waals surface area (Å²) in [6, 6.07) is 80.3. The van der Waals surface area contributed by atoms with Crippen molar-refractivity contribution in [3.05, 3.63) is 247 Å². The van der Waals surface area contributed by atoms with Crippen LogP contribution >= 0.6 is 0 Å². The van der Waals surface area contributed by atoms with Crippen LogP contribution in [-0.2, 0) is 5.41 Å². The van der Waals surface area contributed by atoms with E-state index >= 15 is 0 Å². The zero-order valence-corrected chi connectivity index (χ0v) is 34.1. The quantitative estimate of drug-likeness (QED) is 0.174. The normalized spacial score (nSPS) is 13.2. The number of aromatic nitrogens is 2. The predicted molar refractivity (Wildman–Crippen MR) is 257 cm³/mol. The van der Waals surface area contributed by atoms with Gasteiger partial charge in [-0.1, -0.05) is 182 Å². The summed E-state index contributed by atoms with van der Waals surface area (Å²) in [4.78, 5) is 13.1. The standard InChI is InChI=1S/C59H37N3O/c1-4-18-38(19-5-1)51-37-52(61-58(60-51)39-20-6-2-7-21-39)45-27-17-30-50-56(45)46-36-40(42-25-16-26-44-43-24-10-15-33-55(43)63-57(42)44)34-35-47(46)59(50)48-28-11-13-31-53(48)62(41-22-8-3-9-23-41)54-32-14-12-29-49(54)59/h1-37H. The van der Waals surface area contributed by atoms with Crippen LogP contribution in [0.15, 0.2) is 229 Å². The predicted octanol–water partition coefficient (Wildman–Crippen LogP) is 15.2. The van der Waals surface area contributed by atoms with Gasteiger partial charge in [-0.05, 0) is 81.4 Å².